The minimum atomic E-state index is 0.0303. The van der Waals surface area contributed by atoms with Gasteiger partial charge in [0.15, 0.2) is 0 Å². The van der Waals surface area contributed by atoms with E-state index < -0.39 is 0 Å². The number of aromatic nitrogens is 1. The van der Waals surface area contributed by atoms with Gasteiger partial charge in [-0.3, -0.25) is 9.78 Å². The minimum absolute atomic E-state index is 0.0303. The maximum Gasteiger partial charge on any atom is 0.224 e. The Hall–Kier alpha value is -3.34. The quantitative estimate of drug-likeness (QED) is 0.600. The summed E-state index contributed by atoms with van der Waals surface area (Å²) >= 11 is 0. The Morgan fingerprint density at radius 3 is 2.39 bits per heavy atom. The van der Waals surface area contributed by atoms with Gasteiger partial charge in [-0.25, -0.2) is 0 Å². The third-order valence-electron chi connectivity index (χ3n) is 4.41. The largest absolute Gasteiger partial charge is 0.497 e. The minimum Gasteiger partial charge on any atom is -0.497 e. The molecule has 0 radical (unpaired) electrons. The van der Waals surface area contributed by atoms with Crippen molar-refractivity contribution in [2.75, 3.05) is 19.0 Å². The van der Waals surface area contributed by atoms with Crippen LogP contribution < -0.4 is 15.4 Å². The van der Waals surface area contributed by atoms with Crippen LogP contribution in [0.15, 0.2) is 72.9 Å². The lowest BCUT2D eigenvalue weighted by Crippen LogP contribution is -2.27. The Morgan fingerprint density at radius 1 is 0.964 bits per heavy atom. The van der Waals surface area contributed by atoms with Gasteiger partial charge in [-0.1, -0.05) is 30.3 Å². The Kier molecular flexibility index (Phi) is 7.01. The smallest absolute Gasteiger partial charge is 0.224 e. The number of hydrogen-bond donors (Lipinski definition) is 2. The molecule has 0 saturated heterocycles. The molecule has 0 bridgehead atoms. The normalized spacial score (nSPS) is 10.3. The highest BCUT2D eigenvalue weighted by molar-refractivity contribution is 5.78. The monoisotopic (exact) mass is 375 g/mol. The fraction of sp³-hybridized carbons (Fsp3) is 0.217. The van der Waals surface area contributed by atoms with Crippen LogP contribution in [0.4, 0.5) is 5.69 Å². The van der Waals surface area contributed by atoms with E-state index in [0.717, 1.165) is 29.1 Å². The SMILES string of the molecule is COc1ccc(CCNC(=O)Cc2ccc(NCc3ccccn3)cc2)cc1. The molecule has 2 N–H and O–H groups in total. The van der Waals surface area contributed by atoms with Gasteiger partial charge in [-0.2, -0.15) is 0 Å². The van der Waals surface area contributed by atoms with E-state index in [1.807, 2.05) is 66.7 Å². The molecule has 5 heteroatoms. The van der Waals surface area contributed by atoms with Crippen molar-refractivity contribution in [2.45, 2.75) is 19.4 Å². The molecule has 28 heavy (non-hydrogen) atoms. The summed E-state index contributed by atoms with van der Waals surface area (Å²) < 4.78 is 5.15. The van der Waals surface area contributed by atoms with Crippen LogP contribution in [0.5, 0.6) is 5.75 Å². The molecule has 1 amide bonds. The molecule has 0 saturated carbocycles. The summed E-state index contributed by atoms with van der Waals surface area (Å²) in [6, 6.07) is 21.7. The predicted molar refractivity (Wildman–Crippen MR) is 111 cm³/mol. The van der Waals surface area contributed by atoms with Crippen molar-refractivity contribution in [3.63, 3.8) is 0 Å². The topological polar surface area (TPSA) is 63.2 Å². The number of nitrogens with zero attached hydrogens (tertiary/aromatic N) is 1. The summed E-state index contributed by atoms with van der Waals surface area (Å²) in [5, 5.41) is 6.31. The Bertz CT molecular complexity index is 863. The van der Waals surface area contributed by atoms with Crippen molar-refractivity contribution in [2.24, 2.45) is 0 Å². The molecular weight excluding hydrogens is 350 g/mol. The van der Waals surface area contributed by atoms with E-state index in [9.17, 15) is 4.79 Å². The predicted octanol–water partition coefficient (Wildman–Crippen LogP) is 3.60. The van der Waals surface area contributed by atoms with Gasteiger partial charge in [0, 0.05) is 18.4 Å². The number of hydrogen-bond acceptors (Lipinski definition) is 4. The first kappa shape index (κ1) is 19.4. The third kappa shape index (κ3) is 6.13. The zero-order valence-corrected chi connectivity index (χ0v) is 16.0. The van der Waals surface area contributed by atoms with Crippen LogP contribution in [0.3, 0.4) is 0 Å². The summed E-state index contributed by atoms with van der Waals surface area (Å²) in [6.07, 6.45) is 2.96. The van der Waals surface area contributed by atoms with E-state index in [1.165, 1.54) is 5.56 Å². The highest BCUT2D eigenvalue weighted by Gasteiger charge is 2.04. The molecule has 0 aliphatic rings. The molecule has 1 heterocycles. The summed E-state index contributed by atoms with van der Waals surface area (Å²) in [6.45, 7) is 1.29. The number of methoxy groups -OCH3 is 1. The number of amides is 1. The molecule has 0 aliphatic carbocycles. The number of benzene rings is 2. The van der Waals surface area contributed by atoms with E-state index in [-0.39, 0.29) is 5.91 Å². The van der Waals surface area contributed by atoms with Gasteiger partial charge < -0.3 is 15.4 Å². The molecule has 5 nitrogen and oxygen atoms in total. The molecule has 0 spiro atoms. The Labute approximate surface area is 165 Å². The van der Waals surface area contributed by atoms with Gasteiger partial charge in [-0.15, -0.1) is 0 Å². The second kappa shape index (κ2) is 10.1. The molecule has 0 atom stereocenters. The van der Waals surface area contributed by atoms with Crippen LogP contribution in [0.25, 0.3) is 0 Å². The molecule has 0 unspecified atom stereocenters. The van der Waals surface area contributed by atoms with Crippen LogP contribution in [0, 0.1) is 0 Å². The molecule has 0 aliphatic heterocycles. The second-order valence-corrected chi connectivity index (χ2v) is 6.50. The lowest BCUT2D eigenvalue weighted by atomic mass is 10.1. The summed E-state index contributed by atoms with van der Waals surface area (Å²) in [5.41, 5.74) is 4.16. The Balaban J connectivity index is 1.39. The summed E-state index contributed by atoms with van der Waals surface area (Å²) in [5.74, 6) is 0.869. The van der Waals surface area contributed by atoms with E-state index in [1.54, 1.807) is 13.3 Å². The number of carbonyl (C=O) groups is 1. The number of anilines is 1. The average molecular weight is 375 g/mol. The van der Waals surface area contributed by atoms with Crippen molar-refractivity contribution >= 4 is 11.6 Å². The van der Waals surface area contributed by atoms with Crippen molar-refractivity contribution in [1.82, 2.24) is 10.3 Å². The first-order valence-corrected chi connectivity index (χ1v) is 9.35. The van der Waals surface area contributed by atoms with Crippen molar-refractivity contribution in [3.8, 4) is 5.75 Å². The van der Waals surface area contributed by atoms with Crippen LogP contribution in [-0.4, -0.2) is 24.5 Å². The zero-order valence-electron chi connectivity index (χ0n) is 16.0. The first-order chi connectivity index (χ1) is 13.7. The molecule has 0 fully saturated rings. The van der Waals surface area contributed by atoms with Crippen molar-refractivity contribution in [3.05, 3.63) is 89.7 Å². The van der Waals surface area contributed by atoms with E-state index in [4.69, 9.17) is 4.74 Å². The van der Waals surface area contributed by atoms with Gasteiger partial charge in [0.25, 0.3) is 0 Å². The molecular formula is C23H25N3O2. The van der Waals surface area contributed by atoms with E-state index in [2.05, 4.69) is 15.6 Å². The third-order valence-corrected chi connectivity index (χ3v) is 4.41. The fourth-order valence-corrected chi connectivity index (χ4v) is 2.82. The lowest BCUT2D eigenvalue weighted by molar-refractivity contribution is -0.120. The standard InChI is InChI=1S/C23H25N3O2/c1-28-22-11-7-18(8-12-22)13-15-25-23(27)16-19-5-9-20(10-6-19)26-17-21-4-2-3-14-24-21/h2-12,14,26H,13,15-17H2,1H3,(H,25,27). The highest BCUT2D eigenvalue weighted by Crippen LogP contribution is 2.12. The van der Waals surface area contributed by atoms with E-state index in [0.29, 0.717) is 19.5 Å². The molecule has 3 rings (SSSR count). The number of carbonyl (C=O) groups excluding carboxylic acids is 1. The molecule has 2 aromatic carbocycles. The number of pyridine rings is 1. The van der Waals surface area contributed by atoms with Crippen LogP contribution in [-0.2, 0) is 24.2 Å². The number of rotatable bonds is 9. The van der Waals surface area contributed by atoms with Gasteiger partial charge >= 0.3 is 0 Å². The maximum absolute atomic E-state index is 12.1. The molecule has 3 aromatic rings. The molecule has 1 aromatic heterocycles. The summed E-state index contributed by atoms with van der Waals surface area (Å²) in [4.78, 5) is 16.4. The number of nitrogens with one attached hydrogen (secondary N) is 2. The molecule has 144 valence electrons. The van der Waals surface area contributed by atoms with Crippen LogP contribution in [0.2, 0.25) is 0 Å². The fourth-order valence-electron chi connectivity index (χ4n) is 2.82. The maximum atomic E-state index is 12.1. The van der Waals surface area contributed by atoms with Crippen LogP contribution >= 0.6 is 0 Å². The van der Waals surface area contributed by atoms with Gasteiger partial charge in [0.1, 0.15) is 5.75 Å². The Morgan fingerprint density at radius 2 is 1.71 bits per heavy atom. The first-order valence-electron chi connectivity index (χ1n) is 9.35. The van der Waals surface area contributed by atoms with Crippen molar-refractivity contribution < 1.29 is 9.53 Å². The van der Waals surface area contributed by atoms with Gasteiger partial charge in [0.2, 0.25) is 5.91 Å². The second-order valence-electron chi connectivity index (χ2n) is 6.50. The zero-order chi connectivity index (χ0) is 19.6. The van der Waals surface area contributed by atoms with Gasteiger partial charge in [-0.05, 0) is 53.9 Å². The lowest BCUT2D eigenvalue weighted by Gasteiger charge is -2.08. The van der Waals surface area contributed by atoms with E-state index >= 15 is 0 Å². The van der Waals surface area contributed by atoms with Crippen molar-refractivity contribution in [1.29, 1.82) is 0 Å². The summed E-state index contributed by atoms with van der Waals surface area (Å²) in [7, 11) is 1.65. The highest BCUT2D eigenvalue weighted by atomic mass is 16.5. The van der Waals surface area contributed by atoms with Gasteiger partial charge in [0.05, 0.1) is 25.8 Å². The average Bonchev–Trinajstić information content (AvgIpc) is 2.74. The number of ether oxygens (including phenoxy) is 1. The van der Waals surface area contributed by atoms with Crippen LogP contribution in [0.1, 0.15) is 16.8 Å².